The quantitative estimate of drug-likeness (QED) is 0.292. The summed E-state index contributed by atoms with van der Waals surface area (Å²) in [7, 11) is 1.43. The zero-order valence-corrected chi connectivity index (χ0v) is 21.0. The van der Waals surface area contributed by atoms with Crippen LogP contribution in [0.4, 0.5) is 20.6 Å². The van der Waals surface area contributed by atoms with Crippen LogP contribution < -0.4 is 25.0 Å². The Hall–Kier alpha value is -3.89. The van der Waals surface area contributed by atoms with E-state index in [-0.39, 0.29) is 23.8 Å². The Balaban J connectivity index is 1.49. The summed E-state index contributed by atoms with van der Waals surface area (Å²) in [5, 5.41) is 5.64. The van der Waals surface area contributed by atoms with Gasteiger partial charge in [0.2, 0.25) is 0 Å². The highest BCUT2D eigenvalue weighted by Crippen LogP contribution is 2.37. The summed E-state index contributed by atoms with van der Waals surface area (Å²) >= 11 is 9.28. The monoisotopic (exact) mass is 573 g/mol. The van der Waals surface area contributed by atoms with Gasteiger partial charge in [0.25, 0.3) is 11.8 Å². The molecule has 184 valence electrons. The molecule has 0 saturated carbocycles. The number of anilines is 2. The van der Waals surface area contributed by atoms with Crippen LogP contribution in [0.15, 0.2) is 70.8 Å². The molecule has 0 aromatic heterocycles. The first kappa shape index (κ1) is 25.2. The van der Waals surface area contributed by atoms with Crippen LogP contribution in [0.3, 0.4) is 0 Å². The van der Waals surface area contributed by atoms with Gasteiger partial charge >= 0.3 is 6.03 Å². The van der Waals surface area contributed by atoms with E-state index in [1.165, 1.54) is 37.5 Å². The lowest BCUT2D eigenvalue weighted by Gasteiger charge is -2.14. The molecule has 1 heterocycles. The van der Waals surface area contributed by atoms with Gasteiger partial charge in [-0.3, -0.25) is 9.59 Å². The van der Waals surface area contributed by atoms with Gasteiger partial charge in [0, 0.05) is 10.7 Å². The number of nitrogens with zero attached hydrogens (tertiary/aromatic N) is 1. The second-order valence-corrected chi connectivity index (χ2v) is 8.77. The zero-order chi connectivity index (χ0) is 25.8. The van der Waals surface area contributed by atoms with Crippen LogP contribution in [0.5, 0.6) is 11.5 Å². The summed E-state index contributed by atoms with van der Waals surface area (Å²) in [6.45, 7) is -0.336. The molecule has 3 aromatic rings. The molecule has 4 amide bonds. The lowest BCUT2D eigenvalue weighted by Crippen LogP contribution is -2.30. The third kappa shape index (κ3) is 5.67. The second kappa shape index (κ2) is 10.8. The molecule has 11 heteroatoms. The number of hydrogen-bond donors (Lipinski definition) is 2. The van der Waals surface area contributed by atoms with Crippen molar-refractivity contribution >= 4 is 62.8 Å². The van der Waals surface area contributed by atoms with E-state index in [2.05, 4.69) is 26.6 Å². The van der Waals surface area contributed by atoms with E-state index in [4.69, 9.17) is 21.1 Å². The second-order valence-electron chi connectivity index (χ2n) is 7.48. The third-order valence-corrected chi connectivity index (χ3v) is 5.84. The molecule has 1 fully saturated rings. The first-order valence-electron chi connectivity index (χ1n) is 10.4. The number of nitrogens with one attached hydrogen (secondary N) is 2. The molecule has 8 nitrogen and oxygen atoms in total. The van der Waals surface area contributed by atoms with E-state index < -0.39 is 23.7 Å². The summed E-state index contributed by atoms with van der Waals surface area (Å²) in [6.07, 6.45) is 1.49. The molecule has 0 atom stereocenters. The van der Waals surface area contributed by atoms with Crippen molar-refractivity contribution in [3.05, 3.63) is 87.2 Å². The minimum atomic E-state index is -0.591. The smallest absolute Gasteiger partial charge is 0.333 e. The minimum Gasteiger partial charge on any atom is -0.493 e. The lowest BCUT2D eigenvalue weighted by molar-refractivity contribution is -0.118. The Morgan fingerprint density at radius 3 is 2.50 bits per heavy atom. The number of rotatable bonds is 7. The Labute approximate surface area is 218 Å². The highest BCUT2D eigenvalue weighted by Gasteiger charge is 2.34. The molecular formula is C25H18BrClFN3O5. The average molecular weight is 575 g/mol. The van der Waals surface area contributed by atoms with Crippen LogP contribution in [0.2, 0.25) is 5.02 Å². The summed E-state index contributed by atoms with van der Waals surface area (Å²) in [5.41, 5.74) is 1.40. The number of methoxy groups -OCH3 is 1. The molecule has 4 rings (SSSR count). The third-order valence-electron chi connectivity index (χ3n) is 5.00. The van der Waals surface area contributed by atoms with Crippen LogP contribution in [0.25, 0.3) is 6.08 Å². The highest BCUT2D eigenvalue weighted by molar-refractivity contribution is 9.10. The molecular weight excluding hydrogens is 557 g/mol. The van der Waals surface area contributed by atoms with Gasteiger partial charge in [-0.05, 0) is 88.2 Å². The van der Waals surface area contributed by atoms with Crippen molar-refractivity contribution in [2.24, 2.45) is 0 Å². The van der Waals surface area contributed by atoms with E-state index in [1.807, 2.05) is 0 Å². The van der Waals surface area contributed by atoms with Crippen molar-refractivity contribution < 1.29 is 28.2 Å². The van der Waals surface area contributed by atoms with Gasteiger partial charge < -0.3 is 20.1 Å². The van der Waals surface area contributed by atoms with Crippen LogP contribution in [-0.2, 0) is 9.59 Å². The summed E-state index contributed by atoms with van der Waals surface area (Å²) in [6, 6.07) is 14.3. The lowest BCUT2D eigenvalue weighted by atomic mass is 10.1. The normalized spacial score (nSPS) is 14.1. The number of hydrogen-bond acceptors (Lipinski definition) is 5. The molecule has 3 aromatic carbocycles. The molecule has 0 aliphatic carbocycles. The first-order chi connectivity index (χ1) is 17.2. The Bertz CT molecular complexity index is 1360. The van der Waals surface area contributed by atoms with Crippen LogP contribution >= 0.6 is 27.5 Å². The fourth-order valence-corrected chi connectivity index (χ4v) is 4.06. The number of carbonyl (C=O) groups is 3. The number of urea groups is 1. The maximum Gasteiger partial charge on any atom is 0.333 e. The molecule has 0 radical (unpaired) electrons. The summed E-state index contributed by atoms with van der Waals surface area (Å²) < 4.78 is 24.5. The van der Waals surface area contributed by atoms with Crippen molar-refractivity contribution in [2.75, 3.05) is 23.9 Å². The molecule has 2 N–H and O–H groups in total. The minimum absolute atomic E-state index is 0.0660. The van der Waals surface area contributed by atoms with Crippen molar-refractivity contribution in [1.29, 1.82) is 0 Å². The van der Waals surface area contributed by atoms with E-state index in [0.29, 0.717) is 26.4 Å². The standard InChI is InChI=1S/C25H18BrClFN3O5/c1-35-21-12-14(11-20-24(33)31(25(34)30-20)18-8-2-15(27)3-9-18)10-19(26)23(21)36-13-22(32)29-17-6-4-16(28)5-7-17/h2-12H,13H2,1H3,(H,29,32)(H,30,34)/b20-11+. The van der Waals surface area contributed by atoms with Crippen molar-refractivity contribution in [3.8, 4) is 11.5 Å². The number of imide groups is 1. The number of carbonyl (C=O) groups excluding carboxylic acids is 3. The average Bonchev–Trinajstić information content (AvgIpc) is 3.12. The molecule has 36 heavy (non-hydrogen) atoms. The van der Waals surface area contributed by atoms with Gasteiger partial charge in [0.1, 0.15) is 11.5 Å². The van der Waals surface area contributed by atoms with Crippen LogP contribution in [0.1, 0.15) is 5.56 Å². The van der Waals surface area contributed by atoms with Crippen molar-refractivity contribution in [3.63, 3.8) is 0 Å². The Morgan fingerprint density at radius 1 is 1.14 bits per heavy atom. The molecule has 1 aliphatic rings. The van der Waals surface area contributed by atoms with Gasteiger partial charge in [0.15, 0.2) is 18.1 Å². The summed E-state index contributed by atoms with van der Waals surface area (Å²) in [4.78, 5) is 38.5. The van der Waals surface area contributed by atoms with Crippen molar-refractivity contribution in [1.82, 2.24) is 5.32 Å². The predicted octanol–water partition coefficient (Wildman–Crippen LogP) is 5.37. The summed E-state index contributed by atoms with van der Waals surface area (Å²) in [5.74, 6) is -0.848. The number of benzene rings is 3. The van der Waals surface area contributed by atoms with Gasteiger partial charge in [-0.2, -0.15) is 0 Å². The predicted molar refractivity (Wildman–Crippen MR) is 137 cm³/mol. The van der Waals surface area contributed by atoms with Gasteiger partial charge in [-0.15, -0.1) is 0 Å². The fraction of sp³-hybridized carbons (Fsp3) is 0.0800. The molecule has 1 saturated heterocycles. The van der Waals surface area contributed by atoms with E-state index >= 15 is 0 Å². The van der Waals surface area contributed by atoms with Crippen LogP contribution in [0, 0.1) is 5.82 Å². The molecule has 0 spiro atoms. The van der Waals surface area contributed by atoms with Gasteiger partial charge in [-0.25, -0.2) is 14.1 Å². The number of ether oxygens (including phenoxy) is 2. The van der Waals surface area contributed by atoms with Gasteiger partial charge in [-0.1, -0.05) is 11.6 Å². The Morgan fingerprint density at radius 2 is 1.83 bits per heavy atom. The highest BCUT2D eigenvalue weighted by atomic mass is 79.9. The number of amides is 4. The molecule has 0 bridgehead atoms. The van der Waals surface area contributed by atoms with Crippen molar-refractivity contribution in [2.45, 2.75) is 0 Å². The van der Waals surface area contributed by atoms with Gasteiger partial charge in [0.05, 0.1) is 17.3 Å². The van der Waals surface area contributed by atoms with Crippen LogP contribution in [-0.4, -0.2) is 31.6 Å². The molecule has 0 unspecified atom stereocenters. The maximum absolute atomic E-state index is 13.0. The fourth-order valence-electron chi connectivity index (χ4n) is 3.36. The first-order valence-corrected chi connectivity index (χ1v) is 11.6. The topological polar surface area (TPSA) is 97.0 Å². The Kier molecular flexibility index (Phi) is 7.56. The SMILES string of the molecule is COc1cc(/C=C2/NC(=O)N(c3ccc(Cl)cc3)C2=O)cc(Br)c1OCC(=O)Nc1ccc(F)cc1. The number of halogens is 3. The zero-order valence-electron chi connectivity index (χ0n) is 18.7. The van der Waals surface area contributed by atoms with E-state index in [1.54, 1.807) is 36.4 Å². The van der Waals surface area contributed by atoms with E-state index in [0.717, 1.165) is 4.90 Å². The largest absolute Gasteiger partial charge is 0.493 e. The molecule has 1 aliphatic heterocycles. The van der Waals surface area contributed by atoms with E-state index in [9.17, 15) is 18.8 Å². The maximum atomic E-state index is 13.0.